The molecule has 3 aromatic rings. The van der Waals surface area contributed by atoms with Gasteiger partial charge in [-0.3, -0.25) is 4.79 Å². The van der Waals surface area contributed by atoms with Gasteiger partial charge >= 0.3 is 0 Å². The van der Waals surface area contributed by atoms with E-state index in [2.05, 4.69) is 15.9 Å². The fourth-order valence-corrected chi connectivity index (χ4v) is 3.36. The Morgan fingerprint density at radius 2 is 1.76 bits per heavy atom. The molecular weight excluding hydrogens is 442 g/mol. The summed E-state index contributed by atoms with van der Waals surface area (Å²) < 4.78 is 39.8. The first kappa shape index (κ1) is 19.3. The van der Waals surface area contributed by atoms with Crippen molar-refractivity contribution in [3.63, 3.8) is 0 Å². The summed E-state index contributed by atoms with van der Waals surface area (Å²) in [5.41, 5.74) is 1.79. The number of fused-ring (bicyclic) bond motifs is 1. The summed E-state index contributed by atoms with van der Waals surface area (Å²) in [6.07, 6.45) is 1.67. The van der Waals surface area contributed by atoms with E-state index in [1.165, 1.54) is 18.2 Å². The fraction of sp³-hybridized carbons (Fsp3) is 0.0870. The highest BCUT2D eigenvalue weighted by molar-refractivity contribution is 9.10. The van der Waals surface area contributed by atoms with E-state index in [1.807, 2.05) is 24.3 Å². The number of Topliss-reactive ketones (excluding diaryl/α,β-unsaturated/α-hetero) is 1. The molecule has 0 aromatic heterocycles. The van der Waals surface area contributed by atoms with Gasteiger partial charge in [0.15, 0.2) is 5.76 Å². The highest BCUT2D eigenvalue weighted by atomic mass is 79.9. The number of benzene rings is 3. The molecule has 0 saturated heterocycles. The molecule has 1 aliphatic heterocycles. The van der Waals surface area contributed by atoms with Gasteiger partial charge in [0, 0.05) is 10.5 Å². The van der Waals surface area contributed by atoms with Crippen molar-refractivity contribution in [3.05, 3.63) is 98.7 Å². The summed E-state index contributed by atoms with van der Waals surface area (Å²) in [6, 6.07) is 14.3. The van der Waals surface area contributed by atoms with Crippen molar-refractivity contribution in [1.82, 2.24) is 0 Å². The lowest BCUT2D eigenvalue weighted by Gasteiger charge is -2.10. The third kappa shape index (κ3) is 3.93. The van der Waals surface area contributed by atoms with E-state index in [4.69, 9.17) is 9.47 Å². The molecule has 3 nitrogen and oxygen atoms in total. The second kappa shape index (κ2) is 7.79. The van der Waals surface area contributed by atoms with Gasteiger partial charge in [0.05, 0.1) is 11.1 Å². The minimum atomic E-state index is -0.672. The lowest BCUT2D eigenvalue weighted by molar-refractivity contribution is 0.101. The van der Waals surface area contributed by atoms with Crippen molar-refractivity contribution in [2.45, 2.75) is 13.5 Å². The molecule has 0 unspecified atom stereocenters. The summed E-state index contributed by atoms with van der Waals surface area (Å²) in [6.45, 7) is 1.49. The van der Waals surface area contributed by atoms with Crippen LogP contribution in [0.25, 0.3) is 6.08 Å². The number of hydrogen-bond donors (Lipinski definition) is 0. The topological polar surface area (TPSA) is 35.5 Å². The van der Waals surface area contributed by atoms with Crippen LogP contribution in [0, 0.1) is 18.6 Å². The number of allylic oxidation sites excluding steroid dienone is 1. The van der Waals surface area contributed by atoms with Crippen molar-refractivity contribution < 1.29 is 23.0 Å². The molecule has 4 rings (SSSR count). The second-order valence-electron chi connectivity index (χ2n) is 6.59. The number of ketones is 1. The van der Waals surface area contributed by atoms with Gasteiger partial charge < -0.3 is 9.47 Å². The Labute approximate surface area is 174 Å². The molecule has 0 fully saturated rings. The van der Waals surface area contributed by atoms with E-state index in [9.17, 15) is 13.6 Å². The van der Waals surface area contributed by atoms with Gasteiger partial charge in [0.1, 0.15) is 29.7 Å². The van der Waals surface area contributed by atoms with E-state index in [-0.39, 0.29) is 23.7 Å². The second-order valence-corrected chi connectivity index (χ2v) is 7.51. The summed E-state index contributed by atoms with van der Waals surface area (Å²) in [5.74, 6) is -0.623. The predicted octanol–water partition coefficient (Wildman–Crippen LogP) is 6.23. The molecule has 3 aromatic carbocycles. The van der Waals surface area contributed by atoms with E-state index < -0.39 is 11.6 Å². The Morgan fingerprint density at radius 3 is 2.45 bits per heavy atom. The average Bonchev–Trinajstić information content (AvgIpc) is 2.99. The van der Waals surface area contributed by atoms with Crippen LogP contribution in [-0.2, 0) is 6.61 Å². The largest absolute Gasteiger partial charge is 0.489 e. The molecule has 1 aliphatic rings. The minimum absolute atomic E-state index is 0.154. The molecule has 0 amide bonds. The van der Waals surface area contributed by atoms with Gasteiger partial charge in [-0.1, -0.05) is 34.1 Å². The van der Waals surface area contributed by atoms with Crippen molar-refractivity contribution in [3.8, 4) is 11.5 Å². The molecule has 146 valence electrons. The number of carbonyl (C=O) groups excluding carboxylic acids is 1. The summed E-state index contributed by atoms with van der Waals surface area (Å²) in [4.78, 5) is 12.7. The SMILES string of the molecule is Cc1cc(OCc2c(F)cccc2F)cc2c1C(=O)/C(=C/c1ccc(Br)cc1)O2. The van der Waals surface area contributed by atoms with Gasteiger partial charge in [0.2, 0.25) is 5.78 Å². The van der Waals surface area contributed by atoms with Crippen LogP contribution in [0.3, 0.4) is 0 Å². The number of aryl methyl sites for hydroxylation is 1. The third-order valence-electron chi connectivity index (χ3n) is 4.56. The van der Waals surface area contributed by atoms with Crippen molar-refractivity contribution >= 4 is 27.8 Å². The molecule has 0 aliphatic carbocycles. The van der Waals surface area contributed by atoms with Crippen molar-refractivity contribution in [2.24, 2.45) is 0 Å². The van der Waals surface area contributed by atoms with Crippen LogP contribution in [-0.4, -0.2) is 5.78 Å². The number of carbonyl (C=O) groups is 1. The molecule has 0 saturated carbocycles. The smallest absolute Gasteiger partial charge is 0.232 e. The van der Waals surface area contributed by atoms with Gasteiger partial charge in [-0.05, 0) is 54.5 Å². The lowest BCUT2D eigenvalue weighted by atomic mass is 10.0. The molecule has 0 atom stereocenters. The molecule has 0 radical (unpaired) electrons. The van der Waals surface area contributed by atoms with Crippen LogP contribution in [0.1, 0.15) is 27.0 Å². The van der Waals surface area contributed by atoms with E-state index in [1.54, 1.807) is 25.1 Å². The highest BCUT2D eigenvalue weighted by Crippen LogP contribution is 2.37. The van der Waals surface area contributed by atoms with Gasteiger partial charge in [-0.25, -0.2) is 8.78 Å². The first-order chi connectivity index (χ1) is 13.9. The molecule has 1 heterocycles. The zero-order valence-corrected chi connectivity index (χ0v) is 16.9. The van der Waals surface area contributed by atoms with E-state index in [0.717, 1.165) is 10.0 Å². The van der Waals surface area contributed by atoms with Crippen LogP contribution >= 0.6 is 15.9 Å². The quantitative estimate of drug-likeness (QED) is 0.436. The molecular formula is C23H15BrF2O3. The van der Waals surface area contributed by atoms with Crippen LogP contribution in [0.4, 0.5) is 8.78 Å². The van der Waals surface area contributed by atoms with Gasteiger partial charge in [-0.15, -0.1) is 0 Å². The summed E-state index contributed by atoms with van der Waals surface area (Å²) in [7, 11) is 0. The van der Waals surface area contributed by atoms with Crippen molar-refractivity contribution in [1.29, 1.82) is 0 Å². The molecule has 0 spiro atoms. The van der Waals surface area contributed by atoms with Gasteiger partial charge in [0.25, 0.3) is 0 Å². The molecule has 0 N–H and O–H groups in total. The van der Waals surface area contributed by atoms with Crippen LogP contribution in [0.5, 0.6) is 11.5 Å². The lowest BCUT2D eigenvalue weighted by Crippen LogP contribution is -2.02. The fourth-order valence-electron chi connectivity index (χ4n) is 3.10. The standard InChI is InChI=1S/C23H15BrF2O3/c1-13-9-16(28-12-17-18(25)3-2-4-19(17)26)11-20-22(13)23(27)21(29-20)10-14-5-7-15(24)8-6-14/h2-11H,12H2,1H3/b21-10-. The van der Waals surface area contributed by atoms with Crippen LogP contribution in [0.2, 0.25) is 0 Å². The maximum Gasteiger partial charge on any atom is 0.232 e. The number of halogens is 3. The number of hydrogen-bond acceptors (Lipinski definition) is 3. The van der Waals surface area contributed by atoms with E-state index >= 15 is 0 Å². The Morgan fingerprint density at radius 1 is 1.07 bits per heavy atom. The van der Waals surface area contributed by atoms with Gasteiger partial charge in [-0.2, -0.15) is 0 Å². The summed E-state index contributed by atoms with van der Waals surface area (Å²) >= 11 is 3.37. The molecule has 0 bridgehead atoms. The van der Waals surface area contributed by atoms with E-state index in [0.29, 0.717) is 22.6 Å². The number of rotatable bonds is 4. The number of ether oxygens (including phenoxy) is 2. The Bertz CT molecular complexity index is 1120. The monoisotopic (exact) mass is 456 g/mol. The zero-order chi connectivity index (χ0) is 20.5. The summed E-state index contributed by atoms with van der Waals surface area (Å²) in [5, 5.41) is 0. The average molecular weight is 457 g/mol. The predicted molar refractivity (Wildman–Crippen MR) is 109 cm³/mol. The zero-order valence-electron chi connectivity index (χ0n) is 15.3. The normalized spacial score (nSPS) is 14.1. The third-order valence-corrected chi connectivity index (χ3v) is 5.08. The van der Waals surface area contributed by atoms with Crippen LogP contribution < -0.4 is 9.47 Å². The highest BCUT2D eigenvalue weighted by Gasteiger charge is 2.30. The molecule has 6 heteroatoms. The Balaban J connectivity index is 1.58. The van der Waals surface area contributed by atoms with Crippen molar-refractivity contribution in [2.75, 3.05) is 0 Å². The first-order valence-corrected chi connectivity index (χ1v) is 9.62. The first-order valence-electron chi connectivity index (χ1n) is 8.82. The molecule has 29 heavy (non-hydrogen) atoms. The maximum atomic E-state index is 13.8. The Kier molecular flexibility index (Phi) is 5.20. The maximum absolute atomic E-state index is 13.8. The minimum Gasteiger partial charge on any atom is -0.489 e. The Hall–Kier alpha value is -2.99. The van der Waals surface area contributed by atoms with Crippen LogP contribution in [0.15, 0.2) is 64.8 Å².